The Balaban J connectivity index is 2.40. The summed E-state index contributed by atoms with van der Waals surface area (Å²) in [5.74, 6) is -3.04. The number of primary amides is 1. The predicted octanol–water partition coefficient (Wildman–Crippen LogP) is 2.30. The molecule has 198 valence electrons. The number of carbonyl (C=O) groups excluding carboxylic acids is 3. The predicted molar refractivity (Wildman–Crippen MR) is 139 cm³/mol. The van der Waals surface area contributed by atoms with Crippen molar-refractivity contribution in [3.8, 4) is 0 Å². The number of fused-ring (bicyclic) bond motifs is 1. The molecule has 6 N–H and O–H groups in total. The van der Waals surface area contributed by atoms with Gasteiger partial charge in [-0.1, -0.05) is 63.2 Å². The van der Waals surface area contributed by atoms with Crippen LogP contribution in [0, 0.1) is 11.3 Å². The van der Waals surface area contributed by atoms with Gasteiger partial charge in [-0.2, -0.15) is 0 Å². The first-order valence-electron chi connectivity index (χ1n) is 12.4. The minimum absolute atomic E-state index is 0.157. The van der Waals surface area contributed by atoms with Gasteiger partial charge >= 0.3 is 0 Å². The van der Waals surface area contributed by atoms with Gasteiger partial charge in [-0.25, -0.2) is 5.48 Å². The molecular formula is C27H40N4O5. The molecule has 9 heteroatoms. The average molecular weight is 501 g/mol. The summed E-state index contributed by atoms with van der Waals surface area (Å²) in [7, 11) is 1.85. The fraction of sp³-hybridized carbons (Fsp3) is 0.519. The second-order valence-corrected chi connectivity index (χ2v) is 9.80. The van der Waals surface area contributed by atoms with Crippen molar-refractivity contribution in [3.63, 3.8) is 0 Å². The molecule has 0 aliphatic heterocycles. The van der Waals surface area contributed by atoms with Crippen molar-refractivity contribution in [3.05, 3.63) is 48.0 Å². The summed E-state index contributed by atoms with van der Waals surface area (Å²) in [5.41, 5.74) is 7.53. The first-order chi connectivity index (χ1) is 17.1. The number of carbonyl (C=O) groups is 3. The molecule has 0 aliphatic carbocycles. The van der Waals surface area contributed by atoms with E-state index in [1.165, 1.54) is 0 Å². The highest BCUT2D eigenvalue weighted by Crippen LogP contribution is 2.28. The van der Waals surface area contributed by atoms with Crippen molar-refractivity contribution < 1.29 is 24.3 Å². The molecular weight excluding hydrogens is 460 g/mol. The number of hydrogen-bond donors (Lipinski definition) is 5. The van der Waals surface area contributed by atoms with Crippen molar-refractivity contribution in [1.29, 1.82) is 0 Å². The number of benzene rings is 2. The van der Waals surface area contributed by atoms with Crippen LogP contribution in [0.15, 0.2) is 42.5 Å². The van der Waals surface area contributed by atoms with E-state index in [9.17, 15) is 19.6 Å². The first kappa shape index (κ1) is 29.2. The fourth-order valence-electron chi connectivity index (χ4n) is 4.41. The van der Waals surface area contributed by atoms with Gasteiger partial charge in [0.25, 0.3) is 5.91 Å². The lowest BCUT2D eigenvalue weighted by Crippen LogP contribution is -2.57. The van der Waals surface area contributed by atoms with E-state index in [2.05, 4.69) is 10.6 Å². The largest absolute Gasteiger partial charge is 0.368 e. The van der Waals surface area contributed by atoms with Crippen LogP contribution in [-0.2, 0) is 25.5 Å². The van der Waals surface area contributed by atoms with Crippen LogP contribution in [0.25, 0.3) is 10.8 Å². The highest BCUT2D eigenvalue weighted by molar-refractivity contribution is 5.92. The van der Waals surface area contributed by atoms with Crippen LogP contribution in [0.4, 0.5) is 0 Å². The lowest BCUT2D eigenvalue weighted by molar-refractivity contribution is -0.151. The van der Waals surface area contributed by atoms with Gasteiger partial charge in [0, 0.05) is 6.61 Å². The van der Waals surface area contributed by atoms with E-state index >= 15 is 0 Å². The molecule has 0 aliphatic rings. The van der Waals surface area contributed by atoms with Crippen molar-refractivity contribution in [1.82, 2.24) is 16.1 Å². The summed E-state index contributed by atoms with van der Waals surface area (Å²) in [6.45, 7) is 6.61. The van der Waals surface area contributed by atoms with E-state index in [4.69, 9.17) is 10.5 Å². The SMILES string of the molecule is CCCO[C@H](C(=O)NO)[C@@H](Cc1ccc2ccccc2c1)C(=O)N[C@H](C(N)=O)C(C)(C)CCCNC. The molecule has 0 fully saturated rings. The Labute approximate surface area is 213 Å². The summed E-state index contributed by atoms with van der Waals surface area (Å²) in [6, 6.07) is 12.7. The Bertz CT molecular complexity index is 1030. The number of rotatable bonds is 15. The third kappa shape index (κ3) is 8.01. The fourth-order valence-corrected chi connectivity index (χ4v) is 4.41. The van der Waals surface area contributed by atoms with Gasteiger partial charge in [0.05, 0.1) is 5.92 Å². The Kier molecular flexibility index (Phi) is 11.3. The zero-order valence-corrected chi connectivity index (χ0v) is 21.7. The number of nitrogens with one attached hydrogen (secondary N) is 3. The summed E-state index contributed by atoms with van der Waals surface area (Å²) < 4.78 is 5.74. The van der Waals surface area contributed by atoms with Gasteiger partial charge in [-0.3, -0.25) is 19.6 Å². The lowest BCUT2D eigenvalue weighted by atomic mass is 9.79. The highest BCUT2D eigenvalue weighted by atomic mass is 16.5. The molecule has 0 aromatic heterocycles. The minimum Gasteiger partial charge on any atom is -0.368 e. The van der Waals surface area contributed by atoms with Crippen LogP contribution < -0.4 is 21.8 Å². The third-order valence-corrected chi connectivity index (χ3v) is 6.44. The molecule has 2 rings (SSSR count). The van der Waals surface area contributed by atoms with Gasteiger partial charge in [0.1, 0.15) is 12.1 Å². The molecule has 0 heterocycles. The topological polar surface area (TPSA) is 143 Å². The van der Waals surface area contributed by atoms with Crippen molar-refractivity contribution in [2.75, 3.05) is 20.2 Å². The van der Waals surface area contributed by atoms with E-state index < -0.39 is 41.2 Å². The number of amides is 3. The smallest absolute Gasteiger partial charge is 0.273 e. The molecule has 3 atom stereocenters. The number of ether oxygens (including phenoxy) is 1. The molecule has 2 aromatic rings. The maximum Gasteiger partial charge on any atom is 0.273 e. The zero-order valence-electron chi connectivity index (χ0n) is 21.7. The number of nitrogens with two attached hydrogens (primary N) is 1. The summed E-state index contributed by atoms with van der Waals surface area (Å²) in [5, 5.41) is 17.3. The maximum absolute atomic E-state index is 13.7. The van der Waals surface area contributed by atoms with E-state index in [-0.39, 0.29) is 13.0 Å². The van der Waals surface area contributed by atoms with Crippen LogP contribution >= 0.6 is 0 Å². The molecule has 9 nitrogen and oxygen atoms in total. The van der Waals surface area contributed by atoms with Gasteiger partial charge in [0.2, 0.25) is 11.8 Å². The molecule has 3 amide bonds. The van der Waals surface area contributed by atoms with Crippen molar-refractivity contribution >= 4 is 28.5 Å². The molecule has 2 aromatic carbocycles. The van der Waals surface area contributed by atoms with Crippen LogP contribution in [0.2, 0.25) is 0 Å². The molecule has 0 radical (unpaired) electrons. The molecule has 36 heavy (non-hydrogen) atoms. The Morgan fingerprint density at radius 1 is 1.08 bits per heavy atom. The van der Waals surface area contributed by atoms with Crippen LogP contribution in [0.5, 0.6) is 0 Å². The lowest BCUT2D eigenvalue weighted by Gasteiger charge is -2.35. The summed E-state index contributed by atoms with van der Waals surface area (Å²) in [4.78, 5) is 38.7. The van der Waals surface area contributed by atoms with Crippen molar-refractivity contribution in [2.45, 2.75) is 58.6 Å². The molecule has 0 unspecified atom stereocenters. The second-order valence-electron chi connectivity index (χ2n) is 9.80. The molecule has 0 saturated carbocycles. The van der Waals surface area contributed by atoms with Crippen LogP contribution in [0.1, 0.15) is 45.6 Å². The van der Waals surface area contributed by atoms with Gasteiger partial charge in [-0.05, 0) is 61.0 Å². The monoisotopic (exact) mass is 500 g/mol. The Morgan fingerprint density at radius 3 is 2.39 bits per heavy atom. The van der Waals surface area contributed by atoms with E-state index in [0.29, 0.717) is 12.8 Å². The standard InChI is InChI=1S/C27H40N4O5/c1-5-15-36-22(26(34)31-35)21(17-18-11-12-19-9-6-7-10-20(19)16-18)25(33)30-23(24(28)32)27(2,3)13-8-14-29-4/h6-7,9-12,16,21-23,29,35H,5,8,13-15,17H2,1-4H3,(H2,28,32)(H,30,33)(H,31,34)/t21-,22+,23-/m1/s1. The first-order valence-corrected chi connectivity index (χ1v) is 12.4. The number of hydroxylamine groups is 1. The number of hydrogen-bond acceptors (Lipinski definition) is 6. The molecule has 0 spiro atoms. The molecule has 0 saturated heterocycles. The minimum atomic E-state index is -1.26. The van der Waals surface area contributed by atoms with E-state index in [1.54, 1.807) is 5.48 Å². The quantitative estimate of drug-likeness (QED) is 0.144. The summed E-state index contributed by atoms with van der Waals surface area (Å²) >= 11 is 0. The Hall–Kier alpha value is -3.01. The average Bonchev–Trinajstić information content (AvgIpc) is 2.86. The van der Waals surface area contributed by atoms with Gasteiger partial charge < -0.3 is 21.1 Å². The second kappa shape index (κ2) is 13.9. The van der Waals surface area contributed by atoms with Gasteiger partial charge in [-0.15, -0.1) is 0 Å². The third-order valence-electron chi connectivity index (χ3n) is 6.44. The summed E-state index contributed by atoms with van der Waals surface area (Å²) in [6.07, 6.45) is 0.942. The molecule has 0 bridgehead atoms. The highest BCUT2D eigenvalue weighted by Gasteiger charge is 2.40. The van der Waals surface area contributed by atoms with Crippen LogP contribution in [0.3, 0.4) is 0 Å². The van der Waals surface area contributed by atoms with Crippen LogP contribution in [-0.4, -0.2) is 55.3 Å². The normalized spacial score (nSPS) is 14.1. The van der Waals surface area contributed by atoms with Gasteiger partial charge in [0.15, 0.2) is 0 Å². The van der Waals surface area contributed by atoms with E-state index in [1.807, 2.05) is 70.3 Å². The maximum atomic E-state index is 13.7. The Morgan fingerprint density at radius 2 is 1.78 bits per heavy atom. The van der Waals surface area contributed by atoms with Crippen molar-refractivity contribution in [2.24, 2.45) is 17.1 Å². The van der Waals surface area contributed by atoms with E-state index in [0.717, 1.165) is 29.3 Å². The zero-order chi connectivity index (χ0) is 26.7.